The fourth-order valence-electron chi connectivity index (χ4n) is 3.28. The molecule has 0 saturated carbocycles. The van der Waals surface area contributed by atoms with Crippen molar-refractivity contribution in [1.29, 1.82) is 0 Å². The quantitative estimate of drug-likeness (QED) is 0.759. The van der Waals surface area contributed by atoms with Crippen molar-refractivity contribution >= 4 is 5.69 Å². The van der Waals surface area contributed by atoms with Crippen LogP contribution in [-0.2, 0) is 6.18 Å². The average molecular weight is 410 g/mol. The van der Waals surface area contributed by atoms with Crippen molar-refractivity contribution in [2.45, 2.75) is 12.3 Å². The molecule has 158 valence electrons. The Morgan fingerprint density at radius 1 is 1.00 bits per heavy atom. The first-order valence-corrected chi connectivity index (χ1v) is 9.44. The van der Waals surface area contributed by atoms with Crippen molar-refractivity contribution in [3.63, 3.8) is 0 Å². The molecule has 3 rings (SSSR count). The van der Waals surface area contributed by atoms with Gasteiger partial charge in [0.1, 0.15) is 24.2 Å². The summed E-state index contributed by atoms with van der Waals surface area (Å²) in [6.07, 6.45) is -5.00. The van der Waals surface area contributed by atoms with Crippen molar-refractivity contribution < 1.29 is 27.8 Å². The van der Waals surface area contributed by atoms with Gasteiger partial charge in [0.25, 0.3) is 0 Å². The van der Waals surface area contributed by atoms with Gasteiger partial charge in [-0.05, 0) is 42.5 Å². The van der Waals surface area contributed by atoms with Gasteiger partial charge in [-0.1, -0.05) is 6.07 Å². The minimum atomic E-state index is -4.34. The summed E-state index contributed by atoms with van der Waals surface area (Å²) < 4.78 is 49.4. The number of β-amino-alcohol motifs (C(OH)–C–C–N with tert-alkyl or cyclic N) is 1. The van der Waals surface area contributed by atoms with Gasteiger partial charge < -0.3 is 19.5 Å². The zero-order valence-electron chi connectivity index (χ0n) is 16.2. The van der Waals surface area contributed by atoms with E-state index >= 15 is 0 Å². The van der Waals surface area contributed by atoms with Crippen LogP contribution in [-0.4, -0.2) is 62.6 Å². The van der Waals surface area contributed by atoms with Crippen LogP contribution >= 0.6 is 0 Å². The molecule has 0 aliphatic carbocycles. The third-order valence-corrected chi connectivity index (χ3v) is 4.88. The average Bonchev–Trinajstić information content (AvgIpc) is 2.73. The third kappa shape index (κ3) is 6.01. The highest BCUT2D eigenvalue weighted by Gasteiger charge is 2.31. The summed E-state index contributed by atoms with van der Waals surface area (Å²) in [7, 11) is 1.59. The van der Waals surface area contributed by atoms with Gasteiger partial charge in [0.2, 0.25) is 0 Å². The van der Waals surface area contributed by atoms with Crippen LogP contribution < -0.4 is 14.4 Å². The Bertz CT molecular complexity index is 775. The molecule has 2 aromatic carbocycles. The van der Waals surface area contributed by atoms with Crippen LogP contribution in [0.1, 0.15) is 5.56 Å². The molecule has 1 fully saturated rings. The highest BCUT2D eigenvalue weighted by Crippen LogP contribution is 2.31. The minimum absolute atomic E-state index is 0.167. The molecule has 0 radical (unpaired) electrons. The minimum Gasteiger partial charge on any atom is -0.497 e. The fourth-order valence-corrected chi connectivity index (χ4v) is 3.28. The summed E-state index contributed by atoms with van der Waals surface area (Å²) in [6, 6.07) is 12.5. The number of nitrogens with zero attached hydrogens (tertiary/aromatic N) is 2. The number of aliphatic hydroxyl groups is 1. The molecule has 0 spiro atoms. The lowest BCUT2D eigenvalue weighted by atomic mass is 10.1. The molecule has 1 atom stereocenters. The lowest BCUT2D eigenvalue weighted by Crippen LogP contribution is -2.49. The maximum absolute atomic E-state index is 12.9. The normalized spacial score (nSPS) is 16.5. The van der Waals surface area contributed by atoms with E-state index in [-0.39, 0.29) is 6.61 Å². The van der Waals surface area contributed by atoms with E-state index in [2.05, 4.69) is 4.90 Å². The SMILES string of the molecule is COc1ccc(OCC(O)CN2CCN(c3cccc(C(F)(F)F)c3)CC2)cc1. The fraction of sp³-hybridized carbons (Fsp3) is 0.429. The largest absolute Gasteiger partial charge is 0.497 e. The van der Waals surface area contributed by atoms with E-state index in [0.717, 1.165) is 11.8 Å². The van der Waals surface area contributed by atoms with Gasteiger partial charge >= 0.3 is 6.18 Å². The van der Waals surface area contributed by atoms with Crippen molar-refractivity contribution in [2.75, 3.05) is 51.3 Å². The number of halogens is 3. The van der Waals surface area contributed by atoms with Gasteiger partial charge in [-0.15, -0.1) is 0 Å². The van der Waals surface area contributed by atoms with Crippen LogP contribution in [0.2, 0.25) is 0 Å². The molecule has 1 heterocycles. The van der Waals surface area contributed by atoms with E-state index < -0.39 is 17.8 Å². The standard InChI is InChI=1S/C21H25F3N2O3/c1-28-19-5-7-20(8-6-19)29-15-18(27)14-25-9-11-26(12-10-25)17-4-2-3-16(13-17)21(22,23)24/h2-8,13,18,27H,9-12,14-15H2,1H3. The number of hydrogen-bond acceptors (Lipinski definition) is 5. The molecule has 5 nitrogen and oxygen atoms in total. The zero-order valence-corrected chi connectivity index (χ0v) is 16.2. The number of alkyl halides is 3. The van der Waals surface area contributed by atoms with Crippen LogP contribution in [0.4, 0.5) is 18.9 Å². The molecule has 29 heavy (non-hydrogen) atoms. The number of methoxy groups -OCH3 is 1. The summed E-state index contributed by atoms with van der Waals surface area (Å²) in [5.41, 5.74) is -0.0635. The smallest absolute Gasteiger partial charge is 0.416 e. The number of benzene rings is 2. The Hall–Kier alpha value is -2.45. The van der Waals surface area contributed by atoms with Gasteiger partial charge in [0.15, 0.2) is 0 Å². The molecule has 1 unspecified atom stereocenters. The molecule has 0 aromatic heterocycles. The second-order valence-corrected chi connectivity index (χ2v) is 6.98. The zero-order chi connectivity index (χ0) is 20.9. The Kier molecular flexibility index (Phi) is 6.87. The lowest BCUT2D eigenvalue weighted by molar-refractivity contribution is -0.137. The van der Waals surface area contributed by atoms with E-state index in [0.29, 0.717) is 44.2 Å². The van der Waals surface area contributed by atoms with Crippen LogP contribution in [0.15, 0.2) is 48.5 Å². The van der Waals surface area contributed by atoms with Crippen molar-refractivity contribution in [3.05, 3.63) is 54.1 Å². The molecule has 1 N–H and O–H groups in total. The van der Waals surface area contributed by atoms with Crippen LogP contribution in [0, 0.1) is 0 Å². The summed E-state index contributed by atoms with van der Waals surface area (Å²) in [4.78, 5) is 4.03. The summed E-state index contributed by atoms with van der Waals surface area (Å²) in [6.45, 7) is 3.15. The van der Waals surface area contributed by atoms with E-state index in [1.54, 1.807) is 37.4 Å². The molecule has 1 aliphatic heterocycles. The number of rotatable bonds is 7. The molecule has 2 aromatic rings. The predicted octanol–water partition coefficient (Wildman–Crippen LogP) is 3.28. The summed E-state index contributed by atoms with van der Waals surface area (Å²) in [5, 5.41) is 10.2. The van der Waals surface area contributed by atoms with E-state index in [1.807, 2.05) is 4.90 Å². The van der Waals surface area contributed by atoms with Gasteiger partial charge in [0, 0.05) is 38.4 Å². The lowest BCUT2D eigenvalue weighted by Gasteiger charge is -2.37. The number of piperazine rings is 1. The van der Waals surface area contributed by atoms with Crippen molar-refractivity contribution in [3.8, 4) is 11.5 Å². The number of ether oxygens (including phenoxy) is 2. The highest BCUT2D eigenvalue weighted by molar-refractivity contribution is 5.49. The Balaban J connectivity index is 1.44. The number of anilines is 1. The second kappa shape index (κ2) is 9.37. The molecular formula is C21H25F3N2O3. The van der Waals surface area contributed by atoms with Crippen LogP contribution in [0.25, 0.3) is 0 Å². The summed E-state index contributed by atoms with van der Waals surface area (Å²) in [5.74, 6) is 1.38. The second-order valence-electron chi connectivity index (χ2n) is 6.98. The first kappa shape index (κ1) is 21.3. The van der Waals surface area contributed by atoms with Gasteiger partial charge in [0.05, 0.1) is 12.7 Å². The molecular weight excluding hydrogens is 385 g/mol. The molecule has 8 heteroatoms. The van der Waals surface area contributed by atoms with Crippen LogP contribution in [0.3, 0.4) is 0 Å². The van der Waals surface area contributed by atoms with Crippen LogP contribution in [0.5, 0.6) is 11.5 Å². The highest BCUT2D eigenvalue weighted by atomic mass is 19.4. The Morgan fingerprint density at radius 3 is 2.28 bits per heavy atom. The monoisotopic (exact) mass is 410 g/mol. The molecule has 0 amide bonds. The third-order valence-electron chi connectivity index (χ3n) is 4.88. The number of aliphatic hydroxyl groups excluding tert-OH is 1. The number of hydrogen-bond donors (Lipinski definition) is 1. The van der Waals surface area contributed by atoms with E-state index in [4.69, 9.17) is 9.47 Å². The Labute approximate surface area is 168 Å². The van der Waals surface area contributed by atoms with E-state index in [1.165, 1.54) is 12.1 Å². The summed E-state index contributed by atoms with van der Waals surface area (Å²) >= 11 is 0. The van der Waals surface area contributed by atoms with Gasteiger partial charge in [-0.2, -0.15) is 13.2 Å². The molecule has 1 saturated heterocycles. The predicted molar refractivity (Wildman–Crippen MR) is 105 cm³/mol. The topological polar surface area (TPSA) is 45.2 Å². The first-order chi connectivity index (χ1) is 13.8. The first-order valence-electron chi connectivity index (χ1n) is 9.44. The maximum Gasteiger partial charge on any atom is 0.416 e. The Morgan fingerprint density at radius 2 is 1.66 bits per heavy atom. The van der Waals surface area contributed by atoms with E-state index in [9.17, 15) is 18.3 Å². The molecule has 1 aliphatic rings. The van der Waals surface area contributed by atoms with Gasteiger partial charge in [-0.3, -0.25) is 4.90 Å². The maximum atomic E-state index is 12.9. The van der Waals surface area contributed by atoms with Crippen molar-refractivity contribution in [2.24, 2.45) is 0 Å². The van der Waals surface area contributed by atoms with Crippen molar-refractivity contribution in [1.82, 2.24) is 4.90 Å². The van der Waals surface area contributed by atoms with Gasteiger partial charge in [-0.25, -0.2) is 0 Å². The molecule has 0 bridgehead atoms.